The van der Waals surface area contributed by atoms with Gasteiger partial charge in [0.15, 0.2) is 0 Å². The van der Waals surface area contributed by atoms with Gasteiger partial charge in [-0.1, -0.05) is 6.07 Å². The molecule has 0 atom stereocenters. The topological polar surface area (TPSA) is 21.3 Å². The highest BCUT2D eigenvalue weighted by Crippen LogP contribution is 2.32. The van der Waals surface area contributed by atoms with Crippen molar-refractivity contribution in [3.8, 4) is 5.75 Å². The van der Waals surface area contributed by atoms with E-state index >= 15 is 0 Å². The van der Waals surface area contributed by atoms with Crippen LogP contribution in [-0.2, 0) is 6.54 Å². The molecule has 0 radical (unpaired) electrons. The van der Waals surface area contributed by atoms with Gasteiger partial charge >= 0.3 is 0 Å². The van der Waals surface area contributed by atoms with Gasteiger partial charge in [0.2, 0.25) is 0 Å². The van der Waals surface area contributed by atoms with Crippen molar-refractivity contribution >= 4 is 15.9 Å². The number of benzene rings is 1. The van der Waals surface area contributed by atoms with E-state index in [-0.39, 0.29) is 0 Å². The average molecular weight is 270 g/mol. The average Bonchev–Trinajstić information content (AvgIpc) is 3.01. The van der Waals surface area contributed by atoms with Gasteiger partial charge in [0.05, 0.1) is 11.1 Å². The fraction of sp³-hybridized carbons (Fsp3) is 0.500. The zero-order valence-corrected chi connectivity index (χ0v) is 10.5. The molecule has 1 aliphatic carbocycles. The number of hydrogen-bond acceptors (Lipinski definition) is 2. The maximum absolute atomic E-state index is 5.73. The molecule has 0 heterocycles. The van der Waals surface area contributed by atoms with Gasteiger partial charge in [-0.05, 0) is 59.4 Å². The minimum atomic E-state index is 0.800. The van der Waals surface area contributed by atoms with E-state index in [2.05, 4.69) is 33.4 Å². The van der Waals surface area contributed by atoms with Crippen molar-refractivity contribution < 1.29 is 4.74 Å². The summed E-state index contributed by atoms with van der Waals surface area (Å²) in [5, 5.41) is 3.13. The smallest absolute Gasteiger partial charge is 0.133 e. The largest absolute Gasteiger partial charge is 0.492 e. The van der Waals surface area contributed by atoms with Crippen LogP contribution in [0.25, 0.3) is 0 Å². The second-order valence-corrected chi connectivity index (χ2v) is 4.90. The van der Waals surface area contributed by atoms with Crippen LogP contribution in [0.2, 0.25) is 0 Å². The number of rotatable bonds is 5. The molecule has 0 bridgehead atoms. The third kappa shape index (κ3) is 3.21. The fourth-order valence-electron chi connectivity index (χ4n) is 1.47. The summed E-state index contributed by atoms with van der Waals surface area (Å²) in [7, 11) is 1.95. The van der Waals surface area contributed by atoms with Crippen LogP contribution in [0.4, 0.5) is 0 Å². The minimum absolute atomic E-state index is 0.800. The van der Waals surface area contributed by atoms with Crippen LogP contribution in [0.1, 0.15) is 18.4 Å². The van der Waals surface area contributed by atoms with Crippen molar-refractivity contribution in [3.05, 3.63) is 28.2 Å². The van der Waals surface area contributed by atoms with E-state index < -0.39 is 0 Å². The Morgan fingerprint density at radius 1 is 1.47 bits per heavy atom. The zero-order valence-electron chi connectivity index (χ0n) is 8.92. The van der Waals surface area contributed by atoms with Gasteiger partial charge in [0.1, 0.15) is 5.75 Å². The zero-order chi connectivity index (χ0) is 10.7. The summed E-state index contributed by atoms with van der Waals surface area (Å²) >= 11 is 3.53. The Balaban J connectivity index is 1.97. The molecular formula is C12H16BrNO. The van der Waals surface area contributed by atoms with E-state index in [0.717, 1.165) is 29.3 Å². The molecule has 0 amide bonds. The lowest BCUT2D eigenvalue weighted by Crippen LogP contribution is -2.05. The molecule has 1 saturated carbocycles. The normalized spacial score (nSPS) is 15.3. The standard InChI is InChI=1S/C12H16BrNO/c1-14-7-10-4-5-12(11(13)6-10)15-8-9-2-3-9/h4-6,9,14H,2-3,7-8H2,1H3. The number of hydrogen-bond donors (Lipinski definition) is 1. The first kappa shape index (κ1) is 11.0. The predicted molar refractivity (Wildman–Crippen MR) is 65.1 cm³/mol. The fourth-order valence-corrected chi connectivity index (χ4v) is 2.01. The van der Waals surface area contributed by atoms with Gasteiger partial charge in [-0.3, -0.25) is 0 Å². The van der Waals surface area contributed by atoms with Crippen LogP contribution in [0.15, 0.2) is 22.7 Å². The van der Waals surface area contributed by atoms with E-state index in [9.17, 15) is 0 Å². The maximum atomic E-state index is 5.73. The molecule has 1 aliphatic rings. The van der Waals surface area contributed by atoms with Gasteiger partial charge in [0, 0.05) is 6.54 Å². The maximum Gasteiger partial charge on any atom is 0.133 e. The van der Waals surface area contributed by atoms with Crippen molar-refractivity contribution in [3.63, 3.8) is 0 Å². The van der Waals surface area contributed by atoms with E-state index in [1.165, 1.54) is 18.4 Å². The molecule has 0 spiro atoms. The lowest BCUT2D eigenvalue weighted by Gasteiger charge is -2.09. The van der Waals surface area contributed by atoms with E-state index in [0.29, 0.717) is 0 Å². The van der Waals surface area contributed by atoms with Crippen molar-refractivity contribution in [2.45, 2.75) is 19.4 Å². The van der Waals surface area contributed by atoms with E-state index in [1.54, 1.807) is 0 Å². The highest BCUT2D eigenvalue weighted by Gasteiger charge is 2.22. The SMILES string of the molecule is CNCc1ccc(OCC2CC2)c(Br)c1. The first-order chi connectivity index (χ1) is 7.29. The third-order valence-electron chi connectivity index (χ3n) is 2.55. The Bertz CT molecular complexity index is 336. The molecule has 0 unspecified atom stereocenters. The third-order valence-corrected chi connectivity index (χ3v) is 3.17. The molecule has 1 aromatic rings. The molecule has 1 fully saturated rings. The number of halogens is 1. The van der Waals surface area contributed by atoms with E-state index in [4.69, 9.17) is 4.74 Å². The van der Waals surface area contributed by atoms with Crippen molar-refractivity contribution in [2.24, 2.45) is 5.92 Å². The van der Waals surface area contributed by atoms with Crippen LogP contribution >= 0.6 is 15.9 Å². The van der Waals surface area contributed by atoms with Gasteiger partial charge < -0.3 is 10.1 Å². The first-order valence-corrected chi connectivity index (χ1v) is 6.14. The van der Waals surface area contributed by atoms with Gasteiger partial charge in [-0.25, -0.2) is 0 Å². The summed E-state index contributed by atoms with van der Waals surface area (Å²) < 4.78 is 6.78. The Labute approximate surface area is 99.1 Å². The first-order valence-electron chi connectivity index (χ1n) is 5.35. The van der Waals surface area contributed by atoms with Crippen LogP contribution in [0, 0.1) is 5.92 Å². The van der Waals surface area contributed by atoms with Crippen molar-refractivity contribution in [1.29, 1.82) is 0 Å². The Kier molecular flexibility index (Phi) is 3.65. The predicted octanol–water partition coefficient (Wildman–Crippen LogP) is 2.96. The molecule has 2 nitrogen and oxygen atoms in total. The molecule has 82 valence electrons. The van der Waals surface area contributed by atoms with Crippen LogP contribution in [-0.4, -0.2) is 13.7 Å². The second-order valence-electron chi connectivity index (χ2n) is 4.05. The molecule has 1 N–H and O–H groups in total. The van der Waals surface area contributed by atoms with E-state index in [1.807, 2.05) is 13.1 Å². The number of ether oxygens (including phenoxy) is 1. The number of nitrogens with one attached hydrogen (secondary N) is 1. The second kappa shape index (κ2) is 4.99. The highest BCUT2D eigenvalue weighted by atomic mass is 79.9. The molecule has 0 saturated heterocycles. The molecular weight excluding hydrogens is 254 g/mol. The summed E-state index contributed by atoms with van der Waals surface area (Å²) in [6, 6.07) is 6.25. The lowest BCUT2D eigenvalue weighted by atomic mass is 10.2. The van der Waals surface area contributed by atoms with Crippen LogP contribution in [0.5, 0.6) is 5.75 Å². The molecule has 2 rings (SSSR count). The van der Waals surface area contributed by atoms with Gasteiger partial charge in [0.25, 0.3) is 0 Å². The summed E-state index contributed by atoms with van der Waals surface area (Å²) in [5.41, 5.74) is 1.27. The quantitative estimate of drug-likeness (QED) is 0.888. The monoisotopic (exact) mass is 269 g/mol. The summed E-state index contributed by atoms with van der Waals surface area (Å²) in [6.07, 6.45) is 2.66. The molecule has 0 aromatic heterocycles. The van der Waals surface area contributed by atoms with Gasteiger partial charge in [-0.2, -0.15) is 0 Å². The molecule has 15 heavy (non-hydrogen) atoms. The van der Waals surface area contributed by atoms with Crippen LogP contribution in [0.3, 0.4) is 0 Å². The minimum Gasteiger partial charge on any atom is -0.492 e. The Hall–Kier alpha value is -0.540. The Morgan fingerprint density at radius 3 is 2.87 bits per heavy atom. The summed E-state index contributed by atoms with van der Waals surface area (Å²) in [4.78, 5) is 0. The molecule has 3 heteroatoms. The summed E-state index contributed by atoms with van der Waals surface area (Å²) in [5.74, 6) is 1.76. The summed E-state index contributed by atoms with van der Waals surface area (Å²) in [6.45, 7) is 1.76. The lowest BCUT2D eigenvalue weighted by molar-refractivity contribution is 0.298. The molecule has 0 aliphatic heterocycles. The molecule has 1 aromatic carbocycles. The van der Waals surface area contributed by atoms with Crippen molar-refractivity contribution in [1.82, 2.24) is 5.32 Å². The van der Waals surface area contributed by atoms with Crippen LogP contribution < -0.4 is 10.1 Å². The van der Waals surface area contributed by atoms with Gasteiger partial charge in [-0.15, -0.1) is 0 Å². The highest BCUT2D eigenvalue weighted by molar-refractivity contribution is 9.10. The Morgan fingerprint density at radius 2 is 2.27 bits per heavy atom. The van der Waals surface area contributed by atoms with Crippen molar-refractivity contribution in [2.75, 3.05) is 13.7 Å².